The Labute approximate surface area is 156 Å². The minimum atomic E-state index is -4.86. The van der Waals surface area contributed by atoms with Gasteiger partial charge in [0.05, 0.1) is 6.54 Å². The topological polar surface area (TPSA) is 74.7 Å². The molecule has 0 radical (unpaired) electrons. The molecule has 1 atom stereocenters. The molecule has 1 heterocycles. The Morgan fingerprint density at radius 1 is 1.21 bits per heavy atom. The molecule has 2 rings (SSSR count). The summed E-state index contributed by atoms with van der Waals surface area (Å²) in [6.07, 6.45) is -6.30. The first-order valence-electron chi connectivity index (χ1n) is 7.99. The first-order chi connectivity index (χ1) is 13.1. The lowest BCUT2D eigenvalue weighted by Crippen LogP contribution is -2.45. The van der Waals surface area contributed by atoms with Gasteiger partial charge in [-0.1, -0.05) is 0 Å². The Morgan fingerprint density at radius 3 is 2.50 bits per heavy atom. The van der Waals surface area contributed by atoms with Gasteiger partial charge in [-0.25, -0.2) is 18.6 Å². The fraction of sp³-hybridized carbons (Fsp3) is 0.294. The number of alkyl halides is 3. The van der Waals surface area contributed by atoms with Crippen LogP contribution in [0.3, 0.4) is 0 Å². The molecule has 28 heavy (non-hydrogen) atoms. The van der Waals surface area contributed by atoms with Gasteiger partial charge >= 0.3 is 12.2 Å². The SMILES string of the molecule is CCN(C[C@@H](O)C(F)(F)F)C(=O)Nc1cc(Oc2ccc(F)c(F)c2)ccn1. The molecule has 0 aliphatic rings. The van der Waals surface area contributed by atoms with Crippen molar-refractivity contribution < 1.29 is 36.6 Å². The Kier molecular flexibility index (Phi) is 6.73. The van der Waals surface area contributed by atoms with Crippen molar-refractivity contribution in [3.63, 3.8) is 0 Å². The number of hydrogen-bond donors (Lipinski definition) is 2. The molecule has 0 spiro atoms. The van der Waals surface area contributed by atoms with Gasteiger partial charge in [0.15, 0.2) is 17.7 Å². The lowest BCUT2D eigenvalue weighted by atomic mass is 10.3. The molecule has 0 saturated carbocycles. The summed E-state index contributed by atoms with van der Waals surface area (Å²) in [5.74, 6) is -2.09. The average molecular weight is 405 g/mol. The number of aliphatic hydroxyl groups excluding tert-OH is 1. The van der Waals surface area contributed by atoms with Crippen molar-refractivity contribution in [1.29, 1.82) is 0 Å². The molecule has 6 nitrogen and oxygen atoms in total. The number of aromatic nitrogens is 1. The van der Waals surface area contributed by atoms with Crippen LogP contribution in [0.15, 0.2) is 36.5 Å². The van der Waals surface area contributed by atoms with Gasteiger partial charge in [-0.3, -0.25) is 5.32 Å². The molecule has 2 aromatic rings. The standard InChI is InChI=1S/C17H16F5N3O3/c1-2-25(9-14(26)17(20,21)22)16(27)24-15-8-11(5-6-23-15)28-10-3-4-12(18)13(19)7-10/h3-8,14,26H,2,9H2,1H3,(H,23,24,27)/t14-/m1/s1. The third-order valence-corrected chi connectivity index (χ3v) is 3.53. The highest BCUT2D eigenvalue weighted by molar-refractivity contribution is 5.88. The molecule has 152 valence electrons. The van der Waals surface area contributed by atoms with E-state index in [0.29, 0.717) is 0 Å². The zero-order valence-corrected chi connectivity index (χ0v) is 14.5. The van der Waals surface area contributed by atoms with E-state index in [-0.39, 0.29) is 23.9 Å². The number of ether oxygens (including phenoxy) is 1. The minimum Gasteiger partial charge on any atom is -0.457 e. The first-order valence-corrected chi connectivity index (χ1v) is 7.99. The monoisotopic (exact) mass is 405 g/mol. The van der Waals surface area contributed by atoms with E-state index >= 15 is 0 Å². The number of halogens is 5. The number of rotatable bonds is 6. The van der Waals surface area contributed by atoms with Gasteiger partial charge in [0, 0.05) is 24.9 Å². The number of carbonyl (C=O) groups is 1. The summed E-state index contributed by atoms with van der Waals surface area (Å²) >= 11 is 0. The molecule has 1 aromatic heterocycles. The van der Waals surface area contributed by atoms with Crippen molar-refractivity contribution in [1.82, 2.24) is 9.88 Å². The highest BCUT2D eigenvalue weighted by atomic mass is 19.4. The number of nitrogens with zero attached hydrogens (tertiary/aromatic N) is 2. The van der Waals surface area contributed by atoms with Crippen molar-refractivity contribution in [2.24, 2.45) is 0 Å². The molecular weight excluding hydrogens is 389 g/mol. The van der Waals surface area contributed by atoms with E-state index in [4.69, 9.17) is 9.84 Å². The largest absolute Gasteiger partial charge is 0.457 e. The lowest BCUT2D eigenvalue weighted by Gasteiger charge is -2.25. The van der Waals surface area contributed by atoms with Crippen LogP contribution in [-0.4, -0.2) is 46.4 Å². The predicted octanol–water partition coefficient (Wildman–Crippen LogP) is 3.93. The van der Waals surface area contributed by atoms with Gasteiger partial charge in [-0.05, 0) is 25.1 Å². The molecular formula is C17H16F5N3O3. The molecule has 0 aliphatic heterocycles. The number of benzene rings is 1. The van der Waals surface area contributed by atoms with Crippen molar-refractivity contribution in [2.45, 2.75) is 19.2 Å². The summed E-state index contributed by atoms with van der Waals surface area (Å²) < 4.78 is 68.9. The fourth-order valence-corrected chi connectivity index (χ4v) is 2.08. The number of urea groups is 1. The van der Waals surface area contributed by atoms with Crippen LogP contribution in [0.4, 0.5) is 32.6 Å². The summed E-state index contributed by atoms with van der Waals surface area (Å²) in [7, 11) is 0. The Balaban J connectivity index is 2.06. The second-order valence-corrected chi connectivity index (χ2v) is 5.58. The van der Waals surface area contributed by atoms with Gasteiger partial charge in [0.2, 0.25) is 0 Å². The number of nitrogens with one attached hydrogen (secondary N) is 1. The first kappa shape index (κ1) is 21.4. The maximum absolute atomic E-state index is 13.2. The van der Waals surface area contributed by atoms with E-state index in [2.05, 4.69) is 10.3 Å². The van der Waals surface area contributed by atoms with E-state index in [1.807, 2.05) is 0 Å². The van der Waals surface area contributed by atoms with Crippen LogP contribution in [0, 0.1) is 11.6 Å². The zero-order chi connectivity index (χ0) is 20.9. The van der Waals surface area contributed by atoms with Gasteiger partial charge in [-0.2, -0.15) is 13.2 Å². The van der Waals surface area contributed by atoms with Crippen LogP contribution >= 0.6 is 0 Å². The van der Waals surface area contributed by atoms with Crippen LogP contribution in [0.2, 0.25) is 0 Å². The number of aliphatic hydroxyl groups is 1. The maximum Gasteiger partial charge on any atom is 0.416 e. The summed E-state index contributed by atoms with van der Waals surface area (Å²) in [6.45, 7) is 0.402. The molecule has 0 bridgehead atoms. The second kappa shape index (κ2) is 8.83. The van der Waals surface area contributed by atoms with Gasteiger partial charge in [0.25, 0.3) is 0 Å². The predicted molar refractivity (Wildman–Crippen MR) is 89.0 cm³/mol. The van der Waals surface area contributed by atoms with Crippen LogP contribution < -0.4 is 10.1 Å². The van der Waals surface area contributed by atoms with Gasteiger partial charge in [0.1, 0.15) is 17.3 Å². The Bertz CT molecular complexity index is 832. The summed E-state index contributed by atoms with van der Waals surface area (Å²) in [4.78, 5) is 16.7. The Hall–Kier alpha value is -2.95. The normalized spacial score (nSPS) is 12.4. The van der Waals surface area contributed by atoms with Crippen LogP contribution in [-0.2, 0) is 0 Å². The summed E-state index contributed by atoms with van der Waals surface area (Å²) in [5.41, 5.74) is 0. The number of carbonyl (C=O) groups excluding carboxylic acids is 1. The molecule has 1 aromatic carbocycles. The third-order valence-electron chi connectivity index (χ3n) is 3.53. The Morgan fingerprint density at radius 2 is 1.89 bits per heavy atom. The van der Waals surface area contributed by atoms with Crippen LogP contribution in [0.25, 0.3) is 0 Å². The van der Waals surface area contributed by atoms with E-state index in [1.165, 1.54) is 31.3 Å². The van der Waals surface area contributed by atoms with Crippen LogP contribution in [0.1, 0.15) is 6.92 Å². The molecule has 11 heteroatoms. The van der Waals surface area contributed by atoms with Crippen LogP contribution in [0.5, 0.6) is 11.5 Å². The number of likely N-dealkylation sites (N-methyl/N-ethyl adjacent to an activating group) is 1. The number of hydrogen-bond acceptors (Lipinski definition) is 4. The molecule has 2 N–H and O–H groups in total. The van der Waals surface area contributed by atoms with Crippen molar-refractivity contribution >= 4 is 11.8 Å². The van der Waals surface area contributed by atoms with Gasteiger partial charge < -0.3 is 14.7 Å². The quantitative estimate of drug-likeness (QED) is 0.715. The number of anilines is 1. The molecule has 0 saturated heterocycles. The van der Waals surface area contributed by atoms with E-state index < -0.39 is 36.5 Å². The highest BCUT2D eigenvalue weighted by Gasteiger charge is 2.39. The zero-order valence-electron chi connectivity index (χ0n) is 14.5. The van der Waals surface area contributed by atoms with E-state index in [1.54, 1.807) is 0 Å². The van der Waals surface area contributed by atoms with E-state index in [9.17, 15) is 26.7 Å². The van der Waals surface area contributed by atoms with Crippen molar-refractivity contribution in [3.8, 4) is 11.5 Å². The molecule has 0 unspecified atom stereocenters. The second-order valence-electron chi connectivity index (χ2n) is 5.58. The smallest absolute Gasteiger partial charge is 0.416 e. The molecule has 0 fully saturated rings. The van der Waals surface area contributed by atoms with Crippen molar-refractivity contribution in [2.75, 3.05) is 18.4 Å². The van der Waals surface area contributed by atoms with E-state index in [0.717, 1.165) is 17.0 Å². The maximum atomic E-state index is 13.2. The average Bonchev–Trinajstić information content (AvgIpc) is 2.62. The highest BCUT2D eigenvalue weighted by Crippen LogP contribution is 2.25. The fourth-order valence-electron chi connectivity index (χ4n) is 2.08. The summed E-state index contributed by atoms with van der Waals surface area (Å²) in [5, 5.41) is 11.4. The van der Waals surface area contributed by atoms with Gasteiger partial charge in [-0.15, -0.1) is 0 Å². The molecule has 0 aliphatic carbocycles. The number of pyridine rings is 1. The third kappa shape index (κ3) is 5.78. The lowest BCUT2D eigenvalue weighted by molar-refractivity contribution is -0.206. The van der Waals surface area contributed by atoms with Crippen molar-refractivity contribution in [3.05, 3.63) is 48.2 Å². The minimum absolute atomic E-state index is 0.00846. The molecule has 2 amide bonds. The summed E-state index contributed by atoms with van der Waals surface area (Å²) in [6, 6.07) is 4.59. The number of amides is 2.